The van der Waals surface area contributed by atoms with Crippen molar-refractivity contribution < 1.29 is 13.2 Å². The summed E-state index contributed by atoms with van der Waals surface area (Å²) in [6.07, 6.45) is 3.48. The fourth-order valence-corrected chi connectivity index (χ4v) is 5.21. The highest BCUT2D eigenvalue weighted by Crippen LogP contribution is 2.32. The fourth-order valence-electron chi connectivity index (χ4n) is 3.29. The molecule has 0 radical (unpaired) electrons. The van der Waals surface area contributed by atoms with Gasteiger partial charge in [-0.3, -0.25) is 9.10 Å². The van der Waals surface area contributed by atoms with Crippen LogP contribution in [0.4, 0.5) is 5.69 Å². The Morgan fingerprint density at radius 2 is 1.88 bits per heavy atom. The molecule has 0 bridgehead atoms. The maximum absolute atomic E-state index is 12.7. The molecule has 5 nitrogen and oxygen atoms in total. The SMILES string of the molecule is CC1CCN(C(=O)c2ccc(Cl)c(N3CCCCS3(=O)=O)c2)CC1. The first-order valence-electron chi connectivity index (χ1n) is 8.48. The molecule has 2 fully saturated rings. The number of amides is 1. The summed E-state index contributed by atoms with van der Waals surface area (Å²) >= 11 is 6.24. The first kappa shape index (κ1) is 17.5. The molecule has 3 rings (SSSR count). The van der Waals surface area contributed by atoms with Crippen LogP contribution in [-0.4, -0.2) is 44.6 Å². The molecule has 0 atom stereocenters. The molecular weight excluding hydrogens is 348 g/mol. The fraction of sp³-hybridized carbons (Fsp3) is 0.588. The van der Waals surface area contributed by atoms with E-state index in [2.05, 4.69) is 6.92 Å². The molecule has 1 amide bonds. The van der Waals surface area contributed by atoms with Crippen molar-refractivity contribution in [2.45, 2.75) is 32.6 Å². The van der Waals surface area contributed by atoms with Gasteiger partial charge in [-0.05, 0) is 49.8 Å². The van der Waals surface area contributed by atoms with E-state index >= 15 is 0 Å². The number of benzene rings is 1. The molecular formula is C17H23ClN2O3S. The largest absolute Gasteiger partial charge is 0.339 e. The van der Waals surface area contributed by atoms with Gasteiger partial charge in [-0.2, -0.15) is 0 Å². The minimum absolute atomic E-state index is 0.0470. The Kier molecular flexibility index (Phi) is 5.06. The third-order valence-corrected chi connectivity index (χ3v) is 7.06. The van der Waals surface area contributed by atoms with E-state index in [1.807, 2.05) is 4.90 Å². The number of likely N-dealkylation sites (tertiary alicyclic amines) is 1. The molecule has 2 aliphatic heterocycles. The average Bonchev–Trinajstić information content (AvgIpc) is 2.55. The van der Waals surface area contributed by atoms with Gasteiger partial charge in [-0.1, -0.05) is 18.5 Å². The summed E-state index contributed by atoms with van der Waals surface area (Å²) in [5, 5.41) is 0.365. The third-order valence-electron chi connectivity index (χ3n) is 4.88. The molecule has 7 heteroatoms. The summed E-state index contributed by atoms with van der Waals surface area (Å²) < 4.78 is 26.0. The Bertz CT molecular complexity index is 727. The van der Waals surface area contributed by atoms with Crippen LogP contribution in [0.15, 0.2) is 18.2 Å². The zero-order chi connectivity index (χ0) is 17.3. The number of rotatable bonds is 2. The van der Waals surface area contributed by atoms with E-state index in [1.54, 1.807) is 18.2 Å². The van der Waals surface area contributed by atoms with Crippen molar-refractivity contribution >= 4 is 33.2 Å². The number of nitrogens with zero attached hydrogens (tertiary/aromatic N) is 2. The van der Waals surface area contributed by atoms with Gasteiger partial charge >= 0.3 is 0 Å². The van der Waals surface area contributed by atoms with Crippen LogP contribution in [0.5, 0.6) is 0 Å². The van der Waals surface area contributed by atoms with Crippen LogP contribution in [0.1, 0.15) is 43.0 Å². The van der Waals surface area contributed by atoms with Crippen LogP contribution in [0.25, 0.3) is 0 Å². The zero-order valence-electron chi connectivity index (χ0n) is 13.9. The van der Waals surface area contributed by atoms with E-state index in [0.29, 0.717) is 35.2 Å². The van der Waals surface area contributed by atoms with E-state index in [0.717, 1.165) is 32.4 Å². The number of carbonyl (C=O) groups excluding carboxylic acids is 1. The predicted octanol–water partition coefficient (Wildman–Crippen LogP) is 3.14. The van der Waals surface area contributed by atoms with E-state index in [9.17, 15) is 13.2 Å². The van der Waals surface area contributed by atoms with Gasteiger partial charge in [0.05, 0.1) is 16.5 Å². The van der Waals surface area contributed by atoms with Gasteiger partial charge in [0.2, 0.25) is 10.0 Å². The highest BCUT2D eigenvalue weighted by molar-refractivity contribution is 7.92. The second kappa shape index (κ2) is 6.92. The summed E-state index contributed by atoms with van der Waals surface area (Å²) in [5.41, 5.74) is 0.928. The molecule has 24 heavy (non-hydrogen) atoms. The monoisotopic (exact) mass is 370 g/mol. The summed E-state index contributed by atoms with van der Waals surface area (Å²) in [5.74, 6) is 0.730. The van der Waals surface area contributed by atoms with Crippen LogP contribution in [-0.2, 0) is 10.0 Å². The van der Waals surface area contributed by atoms with Crippen LogP contribution in [0, 0.1) is 5.92 Å². The van der Waals surface area contributed by atoms with Crippen molar-refractivity contribution in [3.8, 4) is 0 Å². The lowest BCUT2D eigenvalue weighted by molar-refractivity contribution is 0.0697. The van der Waals surface area contributed by atoms with Gasteiger partial charge in [0, 0.05) is 25.2 Å². The summed E-state index contributed by atoms with van der Waals surface area (Å²) in [7, 11) is -3.35. The van der Waals surface area contributed by atoms with E-state index in [4.69, 9.17) is 11.6 Å². The Labute approximate surface area is 148 Å². The van der Waals surface area contributed by atoms with Crippen molar-refractivity contribution in [2.24, 2.45) is 5.92 Å². The van der Waals surface area contributed by atoms with E-state index < -0.39 is 10.0 Å². The van der Waals surface area contributed by atoms with Crippen LogP contribution < -0.4 is 4.31 Å². The molecule has 0 N–H and O–H groups in total. The Morgan fingerprint density at radius 1 is 1.17 bits per heavy atom. The molecule has 0 aromatic heterocycles. The summed E-state index contributed by atoms with van der Waals surface area (Å²) in [6, 6.07) is 4.94. The number of halogens is 1. The number of hydrogen-bond acceptors (Lipinski definition) is 3. The predicted molar refractivity (Wildman–Crippen MR) is 96.1 cm³/mol. The van der Waals surface area contributed by atoms with Crippen LogP contribution >= 0.6 is 11.6 Å². The molecule has 2 saturated heterocycles. The van der Waals surface area contributed by atoms with Gasteiger partial charge in [-0.15, -0.1) is 0 Å². The molecule has 0 unspecified atom stereocenters. The van der Waals surface area contributed by atoms with Crippen LogP contribution in [0.3, 0.4) is 0 Å². The number of carbonyl (C=O) groups is 1. The average molecular weight is 371 g/mol. The molecule has 0 aliphatic carbocycles. The lowest BCUT2D eigenvalue weighted by Gasteiger charge is -2.31. The smallest absolute Gasteiger partial charge is 0.253 e. The van der Waals surface area contributed by atoms with Gasteiger partial charge in [0.25, 0.3) is 5.91 Å². The van der Waals surface area contributed by atoms with Gasteiger partial charge in [0.15, 0.2) is 0 Å². The molecule has 1 aromatic carbocycles. The zero-order valence-corrected chi connectivity index (χ0v) is 15.4. The maximum atomic E-state index is 12.7. The standard InChI is InChI=1S/C17H23ClN2O3S/c1-13-6-9-19(10-7-13)17(21)14-4-5-15(18)16(12-14)20-8-2-3-11-24(20,22)23/h4-5,12-13H,2-3,6-11H2,1H3. The lowest BCUT2D eigenvalue weighted by Crippen LogP contribution is -2.39. The molecule has 2 aliphatic rings. The second-order valence-corrected chi connectivity index (χ2v) is 9.16. The quantitative estimate of drug-likeness (QED) is 0.803. The van der Waals surface area contributed by atoms with Gasteiger partial charge in [0.1, 0.15) is 0 Å². The number of sulfonamides is 1. The Balaban J connectivity index is 1.87. The van der Waals surface area contributed by atoms with Crippen molar-refractivity contribution in [3.05, 3.63) is 28.8 Å². The first-order valence-corrected chi connectivity index (χ1v) is 10.5. The minimum atomic E-state index is -3.35. The van der Waals surface area contributed by atoms with Crippen molar-refractivity contribution in [1.82, 2.24) is 4.90 Å². The molecule has 0 spiro atoms. The Hall–Kier alpha value is -1.27. The van der Waals surface area contributed by atoms with Gasteiger partial charge in [-0.25, -0.2) is 8.42 Å². The molecule has 1 aromatic rings. The third kappa shape index (κ3) is 3.54. The van der Waals surface area contributed by atoms with Crippen molar-refractivity contribution in [2.75, 3.05) is 29.7 Å². The normalized spacial score (nSPS) is 21.8. The molecule has 2 heterocycles. The minimum Gasteiger partial charge on any atom is -0.339 e. The summed E-state index contributed by atoms with van der Waals surface area (Å²) in [4.78, 5) is 14.6. The lowest BCUT2D eigenvalue weighted by atomic mass is 9.98. The second-order valence-electron chi connectivity index (χ2n) is 6.74. The number of anilines is 1. The topological polar surface area (TPSA) is 57.7 Å². The highest BCUT2D eigenvalue weighted by atomic mass is 35.5. The van der Waals surface area contributed by atoms with E-state index in [-0.39, 0.29) is 11.7 Å². The van der Waals surface area contributed by atoms with Gasteiger partial charge < -0.3 is 4.90 Å². The first-order chi connectivity index (χ1) is 11.4. The van der Waals surface area contributed by atoms with Crippen LogP contribution in [0.2, 0.25) is 5.02 Å². The number of piperidine rings is 1. The molecule has 0 saturated carbocycles. The van der Waals surface area contributed by atoms with Crippen molar-refractivity contribution in [1.29, 1.82) is 0 Å². The Morgan fingerprint density at radius 3 is 2.54 bits per heavy atom. The highest BCUT2D eigenvalue weighted by Gasteiger charge is 2.29. The maximum Gasteiger partial charge on any atom is 0.253 e. The number of hydrogen-bond donors (Lipinski definition) is 0. The summed E-state index contributed by atoms with van der Waals surface area (Å²) in [6.45, 7) is 4.12. The van der Waals surface area contributed by atoms with E-state index in [1.165, 1.54) is 4.31 Å². The van der Waals surface area contributed by atoms with Crippen molar-refractivity contribution in [3.63, 3.8) is 0 Å². The molecule has 132 valence electrons.